The number of hydrogen-bond donors (Lipinski definition) is 3. The molecule has 6 nitrogen and oxygen atoms in total. The smallest absolute Gasteiger partial charge is 0.478 e. The Morgan fingerprint density at radius 2 is 2.12 bits per heavy atom. The molecule has 0 fully saturated rings. The molecule has 0 aromatic carbocycles. The summed E-state index contributed by atoms with van der Waals surface area (Å²) in [6.45, 7) is -0.302. The van der Waals surface area contributed by atoms with E-state index >= 15 is 0 Å². The Morgan fingerprint density at radius 3 is 2.53 bits per heavy atom. The molecule has 0 aliphatic carbocycles. The number of nitrogen functional groups attached to an aromatic ring is 1. The second-order valence-electron chi connectivity index (χ2n) is 2.93. The van der Waals surface area contributed by atoms with E-state index in [2.05, 4.69) is 9.72 Å². The molecule has 0 saturated carbocycles. The Morgan fingerprint density at radius 1 is 1.53 bits per heavy atom. The molecule has 0 atom stereocenters. The van der Waals surface area contributed by atoms with Crippen LogP contribution in [0.4, 0.5) is 19.0 Å². The summed E-state index contributed by atoms with van der Waals surface area (Å²) in [6.07, 6.45) is -4.07. The highest BCUT2D eigenvalue weighted by molar-refractivity contribution is 5.94. The molecule has 1 heterocycles. The maximum Gasteiger partial charge on any atom is 0.573 e. The molecule has 0 spiro atoms. The summed E-state index contributed by atoms with van der Waals surface area (Å²) in [4.78, 5) is 14.2. The Kier molecular flexibility index (Phi) is 3.42. The SMILES string of the molecule is NCc1cnc(N)c(OC(F)(F)F)c1C(=O)O. The highest BCUT2D eigenvalue weighted by atomic mass is 19.4. The van der Waals surface area contributed by atoms with Gasteiger partial charge in [-0.1, -0.05) is 0 Å². The molecule has 9 heteroatoms. The van der Waals surface area contributed by atoms with Crippen molar-refractivity contribution in [3.05, 3.63) is 17.3 Å². The summed E-state index contributed by atoms with van der Waals surface area (Å²) in [7, 11) is 0. The van der Waals surface area contributed by atoms with E-state index in [-0.39, 0.29) is 12.1 Å². The lowest BCUT2D eigenvalue weighted by molar-refractivity contribution is -0.274. The summed E-state index contributed by atoms with van der Waals surface area (Å²) in [5, 5.41) is 8.81. The zero-order chi connectivity index (χ0) is 13.2. The highest BCUT2D eigenvalue weighted by Gasteiger charge is 2.35. The number of aromatic nitrogens is 1. The molecule has 0 saturated heterocycles. The number of carboxylic acids is 1. The van der Waals surface area contributed by atoms with E-state index in [1.807, 2.05) is 0 Å². The Bertz CT molecular complexity index is 448. The maximum absolute atomic E-state index is 12.1. The molecule has 0 aliphatic heterocycles. The monoisotopic (exact) mass is 251 g/mol. The Hall–Kier alpha value is -2.03. The van der Waals surface area contributed by atoms with Gasteiger partial charge in [-0.25, -0.2) is 9.78 Å². The number of nitrogens with zero attached hydrogens (tertiary/aromatic N) is 1. The Labute approximate surface area is 93.0 Å². The fourth-order valence-corrected chi connectivity index (χ4v) is 1.15. The van der Waals surface area contributed by atoms with Crippen molar-refractivity contribution in [2.24, 2.45) is 5.73 Å². The van der Waals surface area contributed by atoms with Gasteiger partial charge >= 0.3 is 12.3 Å². The molecule has 0 amide bonds. The number of nitrogens with two attached hydrogens (primary N) is 2. The van der Waals surface area contributed by atoms with Gasteiger partial charge < -0.3 is 21.3 Å². The van der Waals surface area contributed by atoms with Gasteiger partial charge in [0.15, 0.2) is 11.6 Å². The molecule has 0 radical (unpaired) electrons. The van der Waals surface area contributed by atoms with Gasteiger partial charge in [-0.2, -0.15) is 0 Å². The predicted octanol–water partition coefficient (Wildman–Crippen LogP) is 0.719. The van der Waals surface area contributed by atoms with Gasteiger partial charge in [-0.3, -0.25) is 0 Å². The van der Waals surface area contributed by atoms with Gasteiger partial charge in [0.2, 0.25) is 0 Å². The van der Waals surface area contributed by atoms with Crippen LogP contribution in [0, 0.1) is 0 Å². The number of rotatable bonds is 3. The minimum Gasteiger partial charge on any atom is -0.478 e. The van der Waals surface area contributed by atoms with Crippen molar-refractivity contribution >= 4 is 11.8 Å². The molecule has 1 aromatic heterocycles. The van der Waals surface area contributed by atoms with Crippen molar-refractivity contribution < 1.29 is 27.8 Å². The summed E-state index contributed by atoms with van der Waals surface area (Å²) in [6, 6.07) is 0. The number of halogens is 3. The first kappa shape index (κ1) is 13.0. The van der Waals surface area contributed by atoms with E-state index in [1.165, 1.54) is 0 Å². The molecule has 1 rings (SSSR count). The van der Waals surface area contributed by atoms with Gasteiger partial charge in [-0.15, -0.1) is 13.2 Å². The third-order valence-corrected chi connectivity index (χ3v) is 1.79. The summed E-state index contributed by atoms with van der Waals surface area (Å²) >= 11 is 0. The molecular formula is C8H8F3N3O3. The van der Waals surface area contributed by atoms with Crippen LogP contribution in [0.3, 0.4) is 0 Å². The summed E-state index contributed by atoms with van der Waals surface area (Å²) in [5.74, 6) is -3.34. The number of pyridine rings is 1. The first-order valence-electron chi connectivity index (χ1n) is 4.22. The van der Waals surface area contributed by atoms with Gasteiger partial charge in [0.1, 0.15) is 5.56 Å². The van der Waals surface area contributed by atoms with E-state index < -0.39 is 29.5 Å². The van der Waals surface area contributed by atoms with Crippen LogP contribution in [-0.4, -0.2) is 22.4 Å². The van der Waals surface area contributed by atoms with E-state index in [4.69, 9.17) is 16.6 Å². The number of ether oxygens (including phenoxy) is 1. The first-order valence-corrected chi connectivity index (χ1v) is 4.22. The van der Waals surface area contributed by atoms with Crippen LogP contribution >= 0.6 is 0 Å². The molecule has 17 heavy (non-hydrogen) atoms. The maximum atomic E-state index is 12.1. The van der Waals surface area contributed by atoms with Crippen LogP contribution < -0.4 is 16.2 Å². The molecule has 0 bridgehead atoms. The standard InChI is InChI=1S/C8H8F3N3O3/c9-8(10,11)17-5-4(7(15)16)3(1-12)2-14-6(5)13/h2H,1,12H2,(H2,13,14)(H,15,16). The molecule has 5 N–H and O–H groups in total. The Balaban J connectivity index is 3.39. The number of aromatic carboxylic acids is 1. The third kappa shape index (κ3) is 2.97. The number of carboxylic acid groups (broad SMARTS) is 1. The largest absolute Gasteiger partial charge is 0.573 e. The quantitative estimate of drug-likeness (QED) is 0.729. The van der Waals surface area contributed by atoms with E-state index in [0.717, 1.165) is 6.20 Å². The van der Waals surface area contributed by atoms with Gasteiger partial charge in [0, 0.05) is 18.3 Å². The van der Waals surface area contributed by atoms with Crippen LogP contribution in [0.1, 0.15) is 15.9 Å². The van der Waals surface area contributed by atoms with Crippen LogP contribution in [-0.2, 0) is 6.54 Å². The third-order valence-electron chi connectivity index (χ3n) is 1.79. The normalized spacial score (nSPS) is 11.3. The fraction of sp³-hybridized carbons (Fsp3) is 0.250. The fourth-order valence-electron chi connectivity index (χ4n) is 1.15. The molecular weight excluding hydrogens is 243 g/mol. The first-order chi connectivity index (χ1) is 7.76. The highest BCUT2D eigenvalue weighted by Crippen LogP contribution is 2.32. The van der Waals surface area contributed by atoms with E-state index in [0.29, 0.717) is 0 Å². The molecule has 94 valence electrons. The summed E-state index contributed by atoms with van der Waals surface area (Å²) in [5.41, 5.74) is 9.50. The predicted molar refractivity (Wildman–Crippen MR) is 50.2 cm³/mol. The number of anilines is 1. The van der Waals surface area contributed by atoms with Gasteiger partial charge in [0.05, 0.1) is 0 Å². The van der Waals surface area contributed by atoms with Crippen LogP contribution in [0.5, 0.6) is 5.75 Å². The summed E-state index contributed by atoms with van der Waals surface area (Å²) < 4.78 is 39.8. The second kappa shape index (κ2) is 4.45. The zero-order valence-electron chi connectivity index (χ0n) is 8.28. The average molecular weight is 251 g/mol. The van der Waals surface area contributed by atoms with Gasteiger partial charge in [0.25, 0.3) is 0 Å². The molecule has 1 aromatic rings. The van der Waals surface area contributed by atoms with Crippen LogP contribution in [0.25, 0.3) is 0 Å². The van der Waals surface area contributed by atoms with Crippen molar-refractivity contribution in [2.75, 3.05) is 5.73 Å². The molecule has 0 unspecified atom stereocenters. The average Bonchev–Trinajstić information content (AvgIpc) is 2.18. The topological polar surface area (TPSA) is 111 Å². The van der Waals surface area contributed by atoms with Crippen molar-refractivity contribution in [3.8, 4) is 5.75 Å². The zero-order valence-corrected chi connectivity index (χ0v) is 8.28. The van der Waals surface area contributed by atoms with E-state index in [1.54, 1.807) is 0 Å². The van der Waals surface area contributed by atoms with Crippen molar-refractivity contribution in [3.63, 3.8) is 0 Å². The molecule has 0 aliphatic rings. The van der Waals surface area contributed by atoms with Crippen LogP contribution in [0.15, 0.2) is 6.20 Å². The van der Waals surface area contributed by atoms with Crippen molar-refractivity contribution in [2.45, 2.75) is 12.9 Å². The second-order valence-corrected chi connectivity index (χ2v) is 2.93. The lowest BCUT2D eigenvalue weighted by atomic mass is 10.1. The number of hydrogen-bond acceptors (Lipinski definition) is 5. The van der Waals surface area contributed by atoms with Gasteiger partial charge in [-0.05, 0) is 0 Å². The minimum atomic E-state index is -5.06. The van der Waals surface area contributed by atoms with E-state index in [9.17, 15) is 18.0 Å². The van der Waals surface area contributed by atoms with Crippen molar-refractivity contribution in [1.29, 1.82) is 0 Å². The lowest BCUT2D eigenvalue weighted by Gasteiger charge is -2.14. The number of alkyl halides is 3. The van der Waals surface area contributed by atoms with Crippen LogP contribution in [0.2, 0.25) is 0 Å². The minimum absolute atomic E-state index is 0.106. The lowest BCUT2D eigenvalue weighted by Crippen LogP contribution is -2.22. The number of carbonyl (C=O) groups is 1. The van der Waals surface area contributed by atoms with Crippen molar-refractivity contribution in [1.82, 2.24) is 4.98 Å².